The van der Waals surface area contributed by atoms with E-state index in [1.165, 1.54) is 6.07 Å². The van der Waals surface area contributed by atoms with Crippen molar-refractivity contribution >= 4 is 29.2 Å². The molecule has 0 heterocycles. The van der Waals surface area contributed by atoms with Crippen molar-refractivity contribution in [3.63, 3.8) is 0 Å². The van der Waals surface area contributed by atoms with E-state index in [4.69, 9.17) is 22.4 Å². The molecule has 0 aliphatic heterocycles. The molecule has 6 heteroatoms. The van der Waals surface area contributed by atoms with Gasteiger partial charge < -0.3 is 16.2 Å². The molecule has 0 aliphatic carbocycles. The lowest BCUT2D eigenvalue weighted by Gasteiger charge is -2.19. The molecule has 0 radical (unpaired) electrons. The van der Waals surface area contributed by atoms with Gasteiger partial charge in [-0.1, -0.05) is 18.5 Å². The van der Waals surface area contributed by atoms with Crippen LogP contribution in [0.4, 0.5) is 5.69 Å². The SMILES string of the molecule is CC[C@@H](C)Nc1c(C(N)=O)cc(C)c(C(=O)O)c1Cl. The van der Waals surface area contributed by atoms with E-state index >= 15 is 0 Å². The molecule has 0 saturated carbocycles. The number of carbonyl (C=O) groups excluding carboxylic acids is 1. The summed E-state index contributed by atoms with van der Waals surface area (Å²) < 4.78 is 0. The van der Waals surface area contributed by atoms with Crippen molar-refractivity contribution in [2.75, 3.05) is 5.32 Å². The Bertz CT molecular complexity index is 529. The first kappa shape index (κ1) is 15.3. The number of hydrogen-bond acceptors (Lipinski definition) is 3. The van der Waals surface area contributed by atoms with Crippen molar-refractivity contribution in [2.24, 2.45) is 5.73 Å². The molecular formula is C13H17ClN2O3. The van der Waals surface area contributed by atoms with E-state index in [1.54, 1.807) is 6.92 Å². The Morgan fingerprint density at radius 2 is 2.11 bits per heavy atom. The van der Waals surface area contributed by atoms with Crippen LogP contribution in [0.25, 0.3) is 0 Å². The van der Waals surface area contributed by atoms with E-state index in [-0.39, 0.29) is 27.9 Å². The summed E-state index contributed by atoms with van der Waals surface area (Å²) in [4.78, 5) is 22.7. The normalized spacial score (nSPS) is 12.0. The van der Waals surface area contributed by atoms with Gasteiger partial charge in [-0.3, -0.25) is 4.79 Å². The molecule has 19 heavy (non-hydrogen) atoms. The fourth-order valence-corrected chi connectivity index (χ4v) is 2.11. The lowest BCUT2D eigenvalue weighted by Crippen LogP contribution is -2.21. The Morgan fingerprint density at radius 3 is 2.53 bits per heavy atom. The van der Waals surface area contributed by atoms with Crippen LogP contribution < -0.4 is 11.1 Å². The number of anilines is 1. The number of rotatable bonds is 5. The Labute approximate surface area is 116 Å². The van der Waals surface area contributed by atoms with Crippen molar-refractivity contribution < 1.29 is 14.7 Å². The molecular weight excluding hydrogens is 268 g/mol. The molecule has 0 aromatic heterocycles. The number of aryl methyl sites for hydroxylation is 1. The van der Waals surface area contributed by atoms with Crippen molar-refractivity contribution in [1.29, 1.82) is 0 Å². The van der Waals surface area contributed by atoms with Gasteiger partial charge in [-0.2, -0.15) is 0 Å². The third-order valence-electron chi connectivity index (χ3n) is 2.95. The molecule has 0 spiro atoms. The van der Waals surface area contributed by atoms with Gasteiger partial charge in [-0.25, -0.2) is 4.79 Å². The highest BCUT2D eigenvalue weighted by Gasteiger charge is 2.22. The Hall–Kier alpha value is -1.75. The molecule has 5 nitrogen and oxygen atoms in total. The Balaban J connectivity index is 3.50. The quantitative estimate of drug-likeness (QED) is 0.775. The molecule has 104 valence electrons. The smallest absolute Gasteiger partial charge is 0.337 e. The van der Waals surface area contributed by atoms with Crippen LogP contribution in [0.15, 0.2) is 6.07 Å². The minimum Gasteiger partial charge on any atom is -0.478 e. The van der Waals surface area contributed by atoms with Crippen LogP contribution in [0, 0.1) is 6.92 Å². The summed E-state index contributed by atoms with van der Waals surface area (Å²) in [5, 5.41) is 12.2. The molecule has 1 aromatic carbocycles. The maximum atomic E-state index is 11.5. The topological polar surface area (TPSA) is 92.4 Å². The number of carbonyl (C=O) groups is 2. The minimum atomic E-state index is -1.13. The molecule has 4 N–H and O–H groups in total. The molecule has 1 aromatic rings. The Kier molecular flexibility index (Phi) is 4.78. The molecule has 0 unspecified atom stereocenters. The van der Waals surface area contributed by atoms with Gasteiger partial charge in [0.1, 0.15) is 0 Å². The molecule has 1 atom stereocenters. The molecule has 1 amide bonds. The van der Waals surface area contributed by atoms with Crippen LogP contribution in [-0.2, 0) is 0 Å². The maximum Gasteiger partial charge on any atom is 0.337 e. The standard InChI is InChI=1S/C13H17ClN2O3/c1-4-7(3)16-11-8(12(15)17)5-6(2)9(10(11)14)13(18)19/h5,7,16H,4H2,1-3H3,(H2,15,17)(H,18,19)/t7-/m1/s1. The number of aromatic carboxylic acids is 1. The van der Waals surface area contributed by atoms with Crippen molar-refractivity contribution in [3.05, 3.63) is 27.8 Å². The molecule has 0 fully saturated rings. The highest BCUT2D eigenvalue weighted by Crippen LogP contribution is 2.33. The molecule has 0 aliphatic rings. The zero-order valence-electron chi connectivity index (χ0n) is 11.1. The van der Waals surface area contributed by atoms with Gasteiger partial charge in [0.25, 0.3) is 5.91 Å². The van der Waals surface area contributed by atoms with Gasteiger partial charge in [0, 0.05) is 6.04 Å². The third kappa shape index (κ3) is 3.17. The summed E-state index contributed by atoms with van der Waals surface area (Å²) in [5.41, 5.74) is 6.18. The highest BCUT2D eigenvalue weighted by molar-refractivity contribution is 6.37. The van der Waals surface area contributed by atoms with E-state index in [1.807, 2.05) is 13.8 Å². The summed E-state index contributed by atoms with van der Waals surface area (Å²) >= 11 is 6.11. The number of nitrogens with two attached hydrogens (primary N) is 1. The predicted molar refractivity (Wildman–Crippen MR) is 75.0 cm³/mol. The number of halogens is 1. The predicted octanol–water partition coefficient (Wildman–Crippen LogP) is 2.66. The Morgan fingerprint density at radius 1 is 1.53 bits per heavy atom. The van der Waals surface area contributed by atoms with E-state index in [2.05, 4.69) is 5.32 Å². The van der Waals surface area contributed by atoms with E-state index < -0.39 is 11.9 Å². The fourth-order valence-electron chi connectivity index (χ4n) is 1.72. The number of benzene rings is 1. The van der Waals surface area contributed by atoms with Gasteiger partial charge in [0.05, 0.1) is 21.8 Å². The van der Waals surface area contributed by atoms with Crippen molar-refractivity contribution in [2.45, 2.75) is 33.2 Å². The monoisotopic (exact) mass is 284 g/mol. The number of carboxylic acid groups (broad SMARTS) is 1. The summed E-state index contributed by atoms with van der Waals surface area (Å²) in [6.07, 6.45) is 0.796. The van der Waals surface area contributed by atoms with E-state index in [9.17, 15) is 9.59 Å². The summed E-state index contributed by atoms with van der Waals surface area (Å²) in [6.45, 7) is 5.44. The molecule has 0 saturated heterocycles. The summed E-state index contributed by atoms with van der Waals surface area (Å²) in [5.74, 6) is -1.78. The lowest BCUT2D eigenvalue weighted by atomic mass is 10.0. The second kappa shape index (κ2) is 5.93. The van der Waals surface area contributed by atoms with Crippen LogP contribution in [0.3, 0.4) is 0 Å². The number of carboxylic acids is 1. The molecule has 0 bridgehead atoms. The van der Waals surface area contributed by atoms with Crippen molar-refractivity contribution in [3.8, 4) is 0 Å². The van der Waals surface area contributed by atoms with Gasteiger partial charge in [-0.05, 0) is 31.9 Å². The number of primary amides is 1. The number of hydrogen-bond donors (Lipinski definition) is 3. The fraction of sp³-hybridized carbons (Fsp3) is 0.385. The first-order valence-corrected chi connectivity index (χ1v) is 6.30. The second-order valence-electron chi connectivity index (χ2n) is 4.43. The number of amides is 1. The first-order valence-electron chi connectivity index (χ1n) is 5.92. The van der Waals surface area contributed by atoms with E-state index in [0.717, 1.165) is 6.42 Å². The van der Waals surface area contributed by atoms with Crippen LogP contribution >= 0.6 is 11.6 Å². The lowest BCUT2D eigenvalue weighted by molar-refractivity contribution is 0.0695. The summed E-state index contributed by atoms with van der Waals surface area (Å²) in [7, 11) is 0. The maximum absolute atomic E-state index is 11.5. The summed E-state index contributed by atoms with van der Waals surface area (Å²) in [6, 6.07) is 1.49. The van der Waals surface area contributed by atoms with Crippen LogP contribution in [0.1, 0.15) is 46.5 Å². The first-order chi connectivity index (χ1) is 8.79. The third-order valence-corrected chi connectivity index (χ3v) is 3.32. The largest absolute Gasteiger partial charge is 0.478 e. The van der Waals surface area contributed by atoms with Crippen LogP contribution in [0.5, 0.6) is 0 Å². The average molecular weight is 285 g/mol. The zero-order valence-corrected chi connectivity index (χ0v) is 11.8. The van der Waals surface area contributed by atoms with Crippen LogP contribution in [-0.4, -0.2) is 23.0 Å². The minimum absolute atomic E-state index is 0.0154. The highest BCUT2D eigenvalue weighted by atomic mass is 35.5. The van der Waals surface area contributed by atoms with Gasteiger partial charge in [0.15, 0.2) is 0 Å². The van der Waals surface area contributed by atoms with Gasteiger partial charge in [-0.15, -0.1) is 0 Å². The van der Waals surface area contributed by atoms with Crippen LogP contribution in [0.2, 0.25) is 5.02 Å². The van der Waals surface area contributed by atoms with E-state index in [0.29, 0.717) is 5.56 Å². The zero-order chi connectivity index (χ0) is 14.7. The average Bonchev–Trinajstić information content (AvgIpc) is 2.31. The van der Waals surface area contributed by atoms with Gasteiger partial charge in [0.2, 0.25) is 0 Å². The molecule has 1 rings (SSSR count). The van der Waals surface area contributed by atoms with Crippen molar-refractivity contribution in [1.82, 2.24) is 0 Å². The van der Waals surface area contributed by atoms with Gasteiger partial charge >= 0.3 is 5.97 Å². The number of nitrogens with one attached hydrogen (secondary N) is 1. The second-order valence-corrected chi connectivity index (χ2v) is 4.81.